The smallest absolute Gasteiger partial charge is 0.222 e. The lowest BCUT2D eigenvalue weighted by Crippen LogP contribution is -2.50. The molecule has 1 fully saturated rings. The maximum absolute atomic E-state index is 12.2. The van der Waals surface area contributed by atoms with Gasteiger partial charge in [0.2, 0.25) is 5.91 Å². The van der Waals surface area contributed by atoms with Gasteiger partial charge in [-0.15, -0.1) is 0 Å². The van der Waals surface area contributed by atoms with E-state index in [9.17, 15) is 4.79 Å². The number of hydrogen-bond acceptors (Lipinski definition) is 4. The van der Waals surface area contributed by atoms with Crippen LogP contribution in [-0.2, 0) is 27.4 Å². The average Bonchev–Trinajstić information content (AvgIpc) is 3.14. The normalized spacial score (nSPS) is 20.7. The molecule has 1 aromatic heterocycles. The summed E-state index contributed by atoms with van der Waals surface area (Å²) in [5, 5.41) is 3.04. The van der Waals surface area contributed by atoms with Crippen molar-refractivity contribution < 1.29 is 14.3 Å². The van der Waals surface area contributed by atoms with Crippen molar-refractivity contribution in [1.29, 1.82) is 0 Å². The molecule has 1 aliphatic rings. The van der Waals surface area contributed by atoms with Crippen molar-refractivity contribution in [3.63, 3.8) is 0 Å². The Morgan fingerprint density at radius 1 is 1.38 bits per heavy atom. The fourth-order valence-electron chi connectivity index (χ4n) is 2.76. The van der Waals surface area contributed by atoms with Gasteiger partial charge in [-0.1, -0.05) is 30.3 Å². The molecule has 0 spiro atoms. The summed E-state index contributed by atoms with van der Waals surface area (Å²) in [6.07, 6.45) is 6.46. The van der Waals surface area contributed by atoms with E-state index in [1.165, 1.54) is 0 Å². The summed E-state index contributed by atoms with van der Waals surface area (Å²) in [5.41, 5.74) is 1.13. The predicted octanol–water partition coefficient (Wildman–Crippen LogP) is 1.76. The van der Waals surface area contributed by atoms with E-state index < -0.39 is 0 Å². The van der Waals surface area contributed by atoms with Crippen molar-refractivity contribution in [1.82, 2.24) is 14.9 Å². The minimum absolute atomic E-state index is 0.00695. The van der Waals surface area contributed by atoms with Gasteiger partial charge in [0.25, 0.3) is 0 Å². The van der Waals surface area contributed by atoms with Crippen LogP contribution >= 0.6 is 0 Å². The van der Waals surface area contributed by atoms with Gasteiger partial charge in [0.1, 0.15) is 0 Å². The molecule has 2 atom stereocenters. The van der Waals surface area contributed by atoms with Gasteiger partial charge in [0, 0.05) is 32.0 Å². The van der Waals surface area contributed by atoms with Crippen LogP contribution in [0.15, 0.2) is 49.1 Å². The highest BCUT2D eigenvalue weighted by Crippen LogP contribution is 2.14. The fraction of sp³-hybridized carbons (Fsp3) is 0.444. The van der Waals surface area contributed by atoms with Crippen molar-refractivity contribution in [3.05, 3.63) is 54.6 Å². The maximum Gasteiger partial charge on any atom is 0.222 e. The molecule has 2 heterocycles. The van der Waals surface area contributed by atoms with Gasteiger partial charge in [-0.05, 0) is 12.0 Å². The predicted molar refractivity (Wildman–Crippen MR) is 89.2 cm³/mol. The molecule has 0 aliphatic carbocycles. The van der Waals surface area contributed by atoms with E-state index >= 15 is 0 Å². The van der Waals surface area contributed by atoms with E-state index in [1.54, 1.807) is 12.5 Å². The molecule has 6 nitrogen and oxygen atoms in total. The van der Waals surface area contributed by atoms with Crippen molar-refractivity contribution in [3.8, 4) is 0 Å². The monoisotopic (exact) mass is 329 g/mol. The first kappa shape index (κ1) is 16.7. The molecule has 1 aromatic carbocycles. The average molecular weight is 329 g/mol. The molecular formula is C18H23N3O3. The van der Waals surface area contributed by atoms with Gasteiger partial charge in [0.15, 0.2) is 0 Å². The number of hydrogen-bond donors (Lipinski definition) is 1. The van der Waals surface area contributed by atoms with Crippen molar-refractivity contribution in [2.24, 2.45) is 0 Å². The van der Waals surface area contributed by atoms with Crippen molar-refractivity contribution >= 4 is 5.91 Å². The minimum Gasteiger partial charge on any atom is -0.379 e. The topological polar surface area (TPSA) is 65.4 Å². The van der Waals surface area contributed by atoms with E-state index in [1.807, 2.05) is 41.1 Å². The van der Waals surface area contributed by atoms with Crippen molar-refractivity contribution in [2.45, 2.75) is 38.1 Å². The highest BCUT2D eigenvalue weighted by Gasteiger charge is 2.27. The molecule has 0 unspecified atom stereocenters. The Morgan fingerprint density at radius 2 is 2.25 bits per heavy atom. The zero-order valence-electron chi connectivity index (χ0n) is 13.6. The molecule has 24 heavy (non-hydrogen) atoms. The number of amides is 1. The van der Waals surface area contributed by atoms with E-state index in [2.05, 4.69) is 10.3 Å². The Kier molecular flexibility index (Phi) is 5.98. The van der Waals surface area contributed by atoms with Gasteiger partial charge >= 0.3 is 0 Å². The maximum atomic E-state index is 12.2. The Labute approximate surface area is 141 Å². The van der Waals surface area contributed by atoms with Crippen LogP contribution in [0.4, 0.5) is 0 Å². The van der Waals surface area contributed by atoms with Crippen LogP contribution < -0.4 is 5.32 Å². The van der Waals surface area contributed by atoms with Crippen LogP contribution in [0.25, 0.3) is 0 Å². The Morgan fingerprint density at radius 3 is 3.04 bits per heavy atom. The summed E-state index contributed by atoms with van der Waals surface area (Å²) < 4.78 is 13.4. The lowest BCUT2D eigenvalue weighted by molar-refractivity contribution is -0.126. The van der Waals surface area contributed by atoms with Gasteiger partial charge in [0.05, 0.1) is 31.7 Å². The summed E-state index contributed by atoms with van der Waals surface area (Å²) in [7, 11) is 0. The number of nitrogens with one attached hydrogen (secondary N) is 1. The Bertz CT molecular complexity index is 616. The molecule has 2 aromatic rings. The fourth-order valence-corrected chi connectivity index (χ4v) is 2.76. The highest BCUT2D eigenvalue weighted by atomic mass is 16.5. The molecule has 1 amide bonds. The molecular weight excluding hydrogens is 306 g/mol. The van der Waals surface area contributed by atoms with E-state index in [0.29, 0.717) is 32.8 Å². The number of nitrogens with zero attached hydrogens (tertiary/aromatic N) is 2. The van der Waals surface area contributed by atoms with Crippen LogP contribution in [0.1, 0.15) is 18.4 Å². The highest BCUT2D eigenvalue weighted by molar-refractivity contribution is 5.76. The van der Waals surface area contributed by atoms with Crippen LogP contribution in [-0.4, -0.2) is 40.8 Å². The number of ether oxygens (including phenoxy) is 2. The quantitative estimate of drug-likeness (QED) is 0.841. The summed E-state index contributed by atoms with van der Waals surface area (Å²) in [6, 6.07) is 9.96. The number of aromatic nitrogens is 2. The second-order valence-electron chi connectivity index (χ2n) is 5.92. The number of rotatable bonds is 7. The molecule has 128 valence electrons. The van der Waals surface area contributed by atoms with Crippen LogP contribution in [0.3, 0.4) is 0 Å². The van der Waals surface area contributed by atoms with Crippen LogP contribution in [0.2, 0.25) is 0 Å². The number of carbonyl (C=O) groups excluding carboxylic acids is 1. The third-order valence-electron chi connectivity index (χ3n) is 4.10. The molecule has 6 heteroatoms. The van der Waals surface area contributed by atoms with Crippen molar-refractivity contribution in [2.75, 3.05) is 13.2 Å². The first-order valence-electron chi connectivity index (χ1n) is 8.29. The molecule has 3 rings (SSSR count). The zero-order valence-corrected chi connectivity index (χ0v) is 13.6. The third kappa shape index (κ3) is 4.91. The molecule has 0 saturated carbocycles. The zero-order chi connectivity index (χ0) is 16.6. The number of benzene rings is 1. The summed E-state index contributed by atoms with van der Waals surface area (Å²) in [5.74, 6) is 0.00695. The molecule has 0 radical (unpaired) electrons. The minimum atomic E-state index is -0.0993. The largest absolute Gasteiger partial charge is 0.379 e. The first-order valence-corrected chi connectivity index (χ1v) is 8.29. The van der Waals surface area contributed by atoms with Crippen LogP contribution in [0, 0.1) is 0 Å². The Balaban J connectivity index is 1.47. The number of imidazole rings is 1. The number of carbonyl (C=O) groups is 1. The molecule has 1 saturated heterocycles. The van der Waals surface area contributed by atoms with Gasteiger partial charge in [-0.2, -0.15) is 0 Å². The molecule has 1 N–H and O–H groups in total. The summed E-state index contributed by atoms with van der Waals surface area (Å²) >= 11 is 0. The summed E-state index contributed by atoms with van der Waals surface area (Å²) in [4.78, 5) is 16.1. The lowest BCUT2D eigenvalue weighted by atomic mass is 10.1. The van der Waals surface area contributed by atoms with Gasteiger partial charge in [-0.3, -0.25) is 4.79 Å². The third-order valence-corrected chi connectivity index (χ3v) is 4.10. The number of aryl methyl sites for hydroxylation is 1. The SMILES string of the molecule is O=C(CCn1ccnc1)N[C@@H]1COCC[C@@H]1OCc1ccccc1. The second kappa shape index (κ2) is 8.61. The molecule has 0 bridgehead atoms. The van der Waals surface area contributed by atoms with E-state index in [-0.39, 0.29) is 18.1 Å². The first-order chi connectivity index (χ1) is 11.8. The Hall–Kier alpha value is -2.18. The van der Waals surface area contributed by atoms with Gasteiger partial charge < -0.3 is 19.4 Å². The van der Waals surface area contributed by atoms with Gasteiger partial charge in [-0.25, -0.2) is 4.98 Å². The van der Waals surface area contributed by atoms with Crippen LogP contribution in [0.5, 0.6) is 0 Å². The molecule has 1 aliphatic heterocycles. The standard InChI is InChI=1S/C18H23N3O3/c22-18(6-9-21-10-8-19-14-21)20-16-13-23-11-7-17(16)24-12-15-4-2-1-3-5-15/h1-5,8,10,14,16-17H,6-7,9,11-13H2,(H,20,22)/t16-,17+/m1/s1. The van der Waals surface area contributed by atoms with E-state index in [4.69, 9.17) is 9.47 Å². The summed E-state index contributed by atoms with van der Waals surface area (Å²) in [6.45, 7) is 2.33. The lowest BCUT2D eigenvalue weighted by Gasteiger charge is -2.32. The van der Waals surface area contributed by atoms with E-state index in [0.717, 1.165) is 12.0 Å². The second-order valence-corrected chi connectivity index (χ2v) is 5.92.